The van der Waals surface area contributed by atoms with Gasteiger partial charge in [-0.05, 0) is 36.1 Å². The summed E-state index contributed by atoms with van der Waals surface area (Å²) in [6.45, 7) is 5.25. The van der Waals surface area contributed by atoms with E-state index in [4.69, 9.17) is 0 Å². The summed E-state index contributed by atoms with van der Waals surface area (Å²) in [5, 5.41) is 7.84. The molecule has 0 spiro atoms. The number of halogens is 1. The fourth-order valence-electron chi connectivity index (χ4n) is 2.82. The number of aryl methyl sites for hydroxylation is 1. The molecule has 0 aliphatic heterocycles. The van der Waals surface area contributed by atoms with Crippen molar-refractivity contribution in [3.05, 3.63) is 65.5 Å². The summed E-state index contributed by atoms with van der Waals surface area (Å²) in [7, 11) is 0. The van der Waals surface area contributed by atoms with E-state index in [1.54, 1.807) is 26.0 Å². The molecule has 0 saturated heterocycles. The predicted octanol–water partition coefficient (Wildman–Crippen LogP) is 2.90. The molecule has 0 bridgehead atoms. The number of anilines is 1. The highest BCUT2D eigenvalue weighted by molar-refractivity contribution is 5.99. The molecule has 7 heteroatoms. The van der Waals surface area contributed by atoms with Crippen LogP contribution in [0.2, 0.25) is 0 Å². The van der Waals surface area contributed by atoms with Crippen LogP contribution in [0.5, 0.6) is 0 Å². The predicted molar refractivity (Wildman–Crippen MR) is 110 cm³/mol. The monoisotopic (exact) mass is 399 g/mol. The van der Waals surface area contributed by atoms with Crippen molar-refractivity contribution < 1.29 is 18.8 Å². The molecule has 1 atom stereocenters. The Labute approximate surface area is 169 Å². The zero-order valence-electron chi connectivity index (χ0n) is 16.8. The molecule has 154 valence electrons. The molecule has 1 unspecified atom stereocenters. The van der Waals surface area contributed by atoms with Gasteiger partial charge in [-0.2, -0.15) is 0 Å². The topological polar surface area (TPSA) is 87.3 Å². The number of carbonyl (C=O) groups excluding carboxylic acids is 3. The summed E-state index contributed by atoms with van der Waals surface area (Å²) in [5.74, 6) is -2.49. The lowest BCUT2D eigenvalue weighted by molar-refractivity contribution is -0.126. The first-order chi connectivity index (χ1) is 13.8. The van der Waals surface area contributed by atoms with Crippen molar-refractivity contribution in [2.45, 2.75) is 33.2 Å². The van der Waals surface area contributed by atoms with Gasteiger partial charge in [0.1, 0.15) is 11.9 Å². The summed E-state index contributed by atoms with van der Waals surface area (Å²) >= 11 is 0. The zero-order chi connectivity index (χ0) is 21.4. The number of benzene rings is 2. The molecule has 0 aliphatic rings. The molecule has 2 aromatic rings. The smallest absolute Gasteiger partial charge is 0.254 e. The Balaban J connectivity index is 1.96. The highest BCUT2D eigenvalue weighted by Gasteiger charge is 2.26. The van der Waals surface area contributed by atoms with Gasteiger partial charge < -0.3 is 16.0 Å². The SMILES string of the molecule is CCc1ccccc1NC(=O)CNC(=O)C(NC(=O)c1ccccc1F)C(C)C. The van der Waals surface area contributed by atoms with E-state index in [9.17, 15) is 18.8 Å². The molecule has 0 saturated carbocycles. The van der Waals surface area contributed by atoms with Crippen LogP contribution in [0.15, 0.2) is 48.5 Å². The van der Waals surface area contributed by atoms with E-state index in [0.717, 1.165) is 12.0 Å². The molecular formula is C22H26FN3O3. The quantitative estimate of drug-likeness (QED) is 0.638. The van der Waals surface area contributed by atoms with E-state index < -0.39 is 23.7 Å². The van der Waals surface area contributed by atoms with Gasteiger partial charge in [-0.25, -0.2) is 4.39 Å². The van der Waals surface area contributed by atoms with Crippen LogP contribution >= 0.6 is 0 Å². The molecule has 2 aromatic carbocycles. The number of nitrogens with one attached hydrogen (secondary N) is 3. The highest BCUT2D eigenvalue weighted by atomic mass is 19.1. The van der Waals surface area contributed by atoms with Gasteiger partial charge in [0.05, 0.1) is 12.1 Å². The van der Waals surface area contributed by atoms with Crippen LogP contribution in [0.4, 0.5) is 10.1 Å². The van der Waals surface area contributed by atoms with Crippen molar-refractivity contribution in [2.75, 3.05) is 11.9 Å². The Morgan fingerprint density at radius 3 is 2.31 bits per heavy atom. The molecule has 6 nitrogen and oxygen atoms in total. The summed E-state index contributed by atoms with van der Waals surface area (Å²) < 4.78 is 13.8. The number of para-hydroxylation sites is 1. The lowest BCUT2D eigenvalue weighted by Crippen LogP contribution is -2.51. The third-order valence-electron chi connectivity index (χ3n) is 4.45. The first kappa shape index (κ1) is 22.1. The van der Waals surface area contributed by atoms with Crippen molar-refractivity contribution >= 4 is 23.4 Å². The van der Waals surface area contributed by atoms with Crippen LogP contribution in [0.25, 0.3) is 0 Å². The maximum Gasteiger partial charge on any atom is 0.254 e. The number of hydrogen-bond acceptors (Lipinski definition) is 3. The summed E-state index contributed by atoms with van der Waals surface area (Å²) in [6.07, 6.45) is 0.764. The van der Waals surface area contributed by atoms with Crippen LogP contribution in [0.1, 0.15) is 36.7 Å². The van der Waals surface area contributed by atoms with E-state index in [1.807, 2.05) is 25.1 Å². The van der Waals surface area contributed by atoms with Crippen molar-refractivity contribution in [1.29, 1.82) is 0 Å². The van der Waals surface area contributed by atoms with Gasteiger partial charge in [-0.15, -0.1) is 0 Å². The number of amides is 3. The maximum absolute atomic E-state index is 13.8. The van der Waals surface area contributed by atoms with Crippen molar-refractivity contribution in [3.8, 4) is 0 Å². The van der Waals surface area contributed by atoms with E-state index in [0.29, 0.717) is 5.69 Å². The minimum absolute atomic E-state index is 0.139. The molecule has 0 aliphatic carbocycles. The molecule has 3 N–H and O–H groups in total. The Morgan fingerprint density at radius 2 is 1.66 bits per heavy atom. The first-order valence-corrected chi connectivity index (χ1v) is 9.54. The third-order valence-corrected chi connectivity index (χ3v) is 4.45. The third kappa shape index (κ3) is 6.14. The van der Waals surface area contributed by atoms with Gasteiger partial charge in [0, 0.05) is 5.69 Å². The summed E-state index contributed by atoms with van der Waals surface area (Å²) in [4.78, 5) is 37.0. The largest absolute Gasteiger partial charge is 0.345 e. The lowest BCUT2D eigenvalue weighted by Gasteiger charge is -2.22. The highest BCUT2D eigenvalue weighted by Crippen LogP contribution is 2.15. The minimum atomic E-state index is -0.905. The van der Waals surface area contributed by atoms with Crippen LogP contribution in [0, 0.1) is 11.7 Å². The second-order valence-electron chi connectivity index (χ2n) is 6.95. The molecule has 0 heterocycles. The number of rotatable bonds is 8. The van der Waals surface area contributed by atoms with Crippen molar-refractivity contribution in [2.24, 2.45) is 5.92 Å². The van der Waals surface area contributed by atoms with E-state index in [-0.39, 0.29) is 23.9 Å². The molecule has 0 radical (unpaired) electrons. The Kier molecular flexibility index (Phi) is 7.88. The number of hydrogen-bond donors (Lipinski definition) is 3. The first-order valence-electron chi connectivity index (χ1n) is 9.54. The Morgan fingerprint density at radius 1 is 1.00 bits per heavy atom. The van der Waals surface area contributed by atoms with E-state index >= 15 is 0 Å². The van der Waals surface area contributed by atoms with Crippen LogP contribution < -0.4 is 16.0 Å². The van der Waals surface area contributed by atoms with Gasteiger partial charge in [0.2, 0.25) is 11.8 Å². The van der Waals surface area contributed by atoms with E-state index in [1.165, 1.54) is 18.2 Å². The summed E-state index contributed by atoms with van der Waals surface area (Å²) in [6, 6.07) is 12.1. The molecular weight excluding hydrogens is 373 g/mol. The summed E-state index contributed by atoms with van der Waals surface area (Å²) in [5.41, 5.74) is 1.55. The maximum atomic E-state index is 13.8. The zero-order valence-corrected chi connectivity index (χ0v) is 16.8. The van der Waals surface area contributed by atoms with Gasteiger partial charge >= 0.3 is 0 Å². The molecule has 2 rings (SSSR count). The molecule has 0 fully saturated rings. The second-order valence-corrected chi connectivity index (χ2v) is 6.95. The average Bonchev–Trinajstić information content (AvgIpc) is 2.70. The number of carbonyl (C=O) groups is 3. The van der Waals surface area contributed by atoms with Crippen molar-refractivity contribution in [1.82, 2.24) is 10.6 Å². The van der Waals surface area contributed by atoms with Crippen molar-refractivity contribution in [3.63, 3.8) is 0 Å². The van der Waals surface area contributed by atoms with Gasteiger partial charge in [-0.3, -0.25) is 14.4 Å². The van der Waals surface area contributed by atoms with Crippen LogP contribution in [0.3, 0.4) is 0 Å². The molecule has 29 heavy (non-hydrogen) atoms. The standard InChI is InChI=1S/C22H26FN3O3/c1-4-15-9-5-8-12-18(15)25-19(27)13-24-22(29)20(14(2)3)26-21(28)16-10-6-7-11-17(16)23/h5-12,14,20H,4,13H2,1-3H3,(H,24,29)(H,25,27)(H,26,28). The normalized spacial score (nSPS) is 11.6. The Bertz CT molecular complexity index is 883. The average molecular weight is 399 g/mol. The molecule has 3 amide bonds. The van der Waals surface area contributed by atoms with Gasteiger partial charge in [0.15, 0.2) is 0 Å². The van der Waals surface area contributed by atoms with Crippen LogP contribution in [-0.4, -0.2) is 30.3 Å². The Hall–Kier alpha value is -3.22. The lowest BCUT2D eigenvalue weighted by atomic mass is 10.0. The molecule has 0 aromatic heterocycles. The van der Waals surface area contributed by atoms with E-state index in [2.05, 4.69) is 16.0 Å². The van der Waals surface area contributed by atoms with Gasteiger partial charge in [-0.1, -0.05) is 51.1 Å². The van der Waals surface area contributed by atoms with Crippen LogP contribution in [-0.2, 0) is 16.0 Å². The second kappa shape index (κ2) is 10.4. The fourth-order valence-corrected chi connectivity index (χ4v) is 2.82. The van der Waals surface area contributed by atoms with Gasteiger partial charge in [0.25, 0.3) is 5.91 Å². The minimum Gasteiger partial charge on any atom is -0.345 e. The fraction of sp³-hybridized carbons (Fsp3) is 0.318.